The summed E-state index contributed by atoms with van der Waals surface area (Å²) in [6.45, 7) is 3.57. The van der Waals surface area contributed by atoms with Crippen LogP contribution in [0.3, 0.4) is 0 Å². The molecule has 1 aliphatic rings. The van der Waals surface area contributed by atoms with Crippen molar-refractivity contribution in [3.63, 3.8) is 0 Å². The highest BCUT2D eigenvalue weighted by Crippen LogP contribution is 2.33. The van der Waals surface area contributed by atoms with E-state index in [4.69, 9.17) is 0 Å². The zero-order valence-corrected chi connectivity index (χ0v) is 13.1. The van der Waals surface area contributed by atoms with Crippen LogP contribution in [0.25, 0.3) is 0 Å². The van der Waals surface area contributed by atoms with Crippen LogP contribution in [0.2, 0.25) is 0 Å². The first-order valence-electron chi connectivity index (χ1n) is 6.30. The summed E-state index contributed by atoms with van der Waals surface area (Å²) >= 11 is 0. The number of hydrogen-bond donors (Lipinski definition) is 0. The zero-order chi connectivity index (χ0) is 15.8. The largest absolute Gasteiger partial charge is 0.246 e. The standard InChI is InChI=1S/C13H16FNO4S2/c1-3-8-15(10-4-5-10)21(18,19)13-9-11(20(2,16)17)6-7-12(13)14/h3,6-7,9-10H,1,4-5,8H2,2H3. The quantitative estimate of drug-likeness (QED) is 0.585. The van der Waals surface area contributed by atoms with Crippen molar-refractivity contribution in [2.24, 2.45) is 0 Å². The van der Waals surface area contributed by atoms with Crippen LogP contribution in [0.1, 0.15) is 12.8 Å². The van der Waals surface area contributed by atoms with Crippen LogP contribution < -0.4 is 0 Å². The van der Waals surface area contributed by atoms with Gasteiger partial charge in [0.25, 0.3) is 0 Å². The molecule has 116 valence electrons. The number of sulfone groups is 1. The van der Waals surface area contributed by atoms with Crippen molar-refractivity contribution in [2.75, 3.05) is 12.8 Å². The Morgan fingerprint density at radius 3 is 2.43 bits per heavy atom. The molecule has 5 nitrogen and oxygen atoms in total. The van der Waals surface area contributed by atoms with E-state index in [1.807, 2.05) is 0 Å². The van der Waals surface area contributed by atoms with Gasteiger partial charge in [-0.3, -0.25) is 0 Å². The summed E-state index contributed by atoms with van der Waals surface area (Å²) in [6.07, 6.45) is 3.79. The lowest BCUT2D eigenvalue weighted by Crippen LogP contribution is -2.34. The number of nitrogens with zero attached hydrogens (tertiary/aromatic N) is 1. The molecule has 0 heterocycles. The first kappa shape index (κ1) is 16.1. The molecule has 21 heavy (non-hydrogen) atoms. The summed E-state index contributed by atoms with van der Waals surface area (Å²) in [5.41, 5.74) is 0. The zero-order valence-electron chi connectivity index (χ0n) is 11.5. The molecule has 0 aromatic heterocycles. The van der Waals surface area contributed by atoms with Crippen molar-refractivity contribution in [1.82, 2.24) is 4.31 Å². The van der Waals surface area contributed by atoms with E-state index in [1.165, 1.54) is 6.08 Å². The van der Waals surface area contributed by atoms with Gasteiger partial charge in [0.2, 0.25) is 10.0 Å². The van der Waals surface area contributed by atoms with Crippen molar-refractivity contribution in [1.29, 1.82) is 0 Å². The SMILES string of the molecule is C=CCN(C1CC1)S(=O)(=O)c1cc(S(C)(=O)=O)ccc1F. The average molecular weight is 333 g/mol. The molecule has 1 fully saturated rings. The Labute approximate surface area is 124 Å². The van der Waals surface area contributed by atoms with Crippen LogP contribution in [0, 0.1) is 5.82 Å². The Morgan fingerprint density at radius 1 is 1.33 bits per heavy atom. The minimum atomic E-state index is -4.09. The summed E-state index contributed by atoms with van der Waals surface area (Å²) in [4.78, 5) is -0.837. The summed E-state index contributed by atoms with van der Waals surface area (Å²) in [6, 6.07) is 2.62. The van der Waals surface area contributed by atoms with Crippen LogP contribution in [-0.4, -0.2) is 40.0 Å². The normalized spacial score (nSPS) is 16.1. The van der Waals surface area contributed by atoms with Gasteiger partial charge in [0, 0.05) is 18.8 Å². The summed E-state index contributed by atoms with van der Waals surface area (Å²) in [5.74, 6) is -0.961. The van der Waals surface area contributed by atoms with E-state index in [2.05, 4.69) is 6.58 Å². The average Bonchev–Trinajstić information content (AvgIpc) is 3.18. The van der Waals surface area contributed by atoms with E-state index in [0.29, 0.717) is 12.8 Å². The summed E-state index contributed by atoms with van der Waals surface area (Å²) < 4.78 is 63.2. The van der Waals surface area contributed by atoms with E-state index in [9.17, 15) is 21.2 Å². The minimum absolute atomic E-state index is 0.0650. The molecule has 0 saturated heterocycles. The molecule has 0 atom stereocenters. The fourth-order valence-electron chi connectivity index (χ4n) is 1.97. The maximum absolute atomic E-state index is 13.9. The maximum atomic E-state index is 13.9. The highest BCUT2D eigenvalue weighted by Gasteiger charge is 2.38. The van der Waals surface area contributed by atoms with Crippen LogP contribution >= 0.6 is 0 Å². The van der Waals surface area contributed by atoms with Crippen molar-refractivity contribution >= 4 is 19.9 Å². The fourth-order valence-corrected chi connectivity index (χ4v) is 4.44. The number of benzene rings is 1. The molecule has 1 aromatic carbocycles. The second-order valence-corrected chi connectivity index (χ2v) is 8.83. The summed E-state index contributed by atoms with van der Waals surface area (Å²) in [5, 5.41) is 0. The molecule has 8 heteroatoms. The number of rotatable bonds is 6. The van der Waals surface area contributed by atoms with Gasteiger partial charge in [0.05, 0.1) is 4.90 Å². The van der Waals surface area contributed by atoms with Crippen LogP contribution in [0.4, 0.5) is 4.39 Å². The molecule has 0 amide bonds. The minimum Gasteiger partial charge on any atom is -0.224 e. The smallest absolute Gasteiger partial charge is 0.224 e. The molecule has 0 spiro atoms. The van der Waals surface area contributed by atoms with Crippen LogP contribution in [0.15, 0.2) is 40.6 Å². The van der Waals surface area contributed by atoms with E-state index in [1.54, 1.807) is 0 Å². The molecule has 1 aromatic rings. The Balaban J connectivity index is 2.55. The van der Waals surface area contributed by atoms with Gasteiger partial charge in [-0.2, -0.15) is 4.31 Å². The van der Waals surface area contributed by atoms with Crippen LogP contribution in [0.5, 0.6) is 0 Å². The van der Waals surface area contributed by atoms with Gasteiger partial charge in [0.15, 0.2) is 9.84 Å². The Morgan fingerprint density at radius 2 is 1.95 bits per heavy atom. The lowest BCUT2D eigenvalue weighted by molar-refractivity contribution is 0.431. The highest BCUT2D eigenvalue weighted by molar-refractivity contribution is 7.91. The van der Waals surface area contributed by atoms with Gasteiger partial charge in [-0.25, -0.2) is 21.2 Å². The molecule has 2 rings (SSSR count). The van der Waals surface area contributed by atoms with E-state index in [0.717, 1.165) is 28.8 Å². The monoisotopic (exact) mass is 333 g/mol. The summed E-state index contributed by atoms with van der Waals surface area (Å²) in [7, 11) is -7.71. The third-order valence-corrected chi connectivity index (χ3v) is 6.22. The lowest BCUT2D eigenvalue weighted by Gasteiger charge is -2.20. The van der Waals surface area contributed by atoms with Gasteiger partial charge in [-0.15, -0.1) is 6.58 Å². The van der Waals surface area contributed by atoms with Crippen LogP contribution in [-0.2, 0) is 19.9 Å². The molecule has 0 bridgehead atoms. The molecule has 0 radical (unpaired) electrons. The second kappa shape index (κ2) is 5.51. The van der Waals surface area contributed by atoms with Gasteiger partial charge < -0.3 is 0 Å². The maximum Gasteiger partial charge on any atom is 0.246 e. The predicted molar refractivity (Wildman–Crippen MR) is 76.6 cm³/mol. The van der Waals surface area contributed by atoms with Gasteiger partial charge in [-0.05, 0) is 31.0 Å². The van der Waals surface area contributed by atoms with Gasteiger partial charge >= 0.3 is 0 Å². The van der Waals surface area contributed by atoms with E-state index < -0.39 is 30.6 Å². The molecule has 0 N–H and O–H groups in total. The first-order chi connectivity index (χ1) is 9.67. The second-order valence-electron chi connectivity index (χ2n) is 4.96. The van der Waals surface area contributed by atoms with E-state index >= 15 is 0 Å². The topological polar surface area (TPSA) is 71.5 Å². The third-order valence-electron chi connectivity index (χ3n) is 3.18. The molecular weight excluding hydrogens is 317 g/mol. The number of sulfonamides is 1. The number of hydrogen-bond acceptors (Lipinski definition) is 4. The molecule has 1 aliphatic carbocycles. The Kier molecular flexibility index (Phi) is 4.23. The predicted octanol–water partition coefficient (Wildman–Crippen LogP) is 1.57. The molecule has 1 saturated carbocycles. The van der Waals surface area contributed by atoms with E-state index in [-0.39, 0.29) is 17.5 Å². The van der Waals surface area contributed by atoms with Gasteiger partial charge in [0.1, 0.15) is 10.7 Å². The van der Waals surface area contributed by atoms with Crippen molar-refractivity contribution in [3.8, 4) is 0 Å². The molecule has 0 unspecified atom stereocenters. The third kappa shape index (κ3) is 3.33. The first-order valence-corrected chi connectivity index (χ1v) is 9.63. The Bertz CT molecular complexity index is 767. The molecule has 0 aliphatic heterocycles. The number of halogens is 1. The van der Waals surface area contributed by atoms with Crippen molar-refractivity contribution < 1.29 is 21.2 Å². The van der Waals surface area contributed by atoms with Gasteiger partial charge in [-0.1, -0.05) is 6.08 Å². The van der Waals surface area contributed by atoms with Crippen molar-refractivity contribution in [2.45, 2.75) is 28.7 Å². The lowest BCUT2D eigenvalue weighted by atomic mass is 10.3. The Hall–Kier alpha value is -1.25. The van der Waals surface area contributed by atoms with Crippen molar-refractivity contribution in [3.05, 3.63) is 36.7 Å². The highest BCUT2D eigenvalue weighted by atomic mass is 32.2. The fraction of sp³-hybridized carbons (Fsp3) is 0.385. The molecular formula is C13H16FNO4S2.